The van der Waals surface area contributed by atoms with Crippen LogP contribution in [0.15, 0.2) is 42.5 Å². The number of hydrogen-bond acceptors (Lipinski definition) is 5. The van der Waals surface area contributed by atoms with Gasteiger partial charge < -0.3 is 9.47 Å². The fourth-order valence-corrected chi connectivity index (χ4v) is 3.50. The van der Waals surface area contributed by atoms with Gasteiger partial charge in [0.05, 0.1) is 19.1 Å². The second-order valence-corrected chi connectivity index (χ2v) is 8.02. The van der Waals surface area contributed by atoms with Crippen LogP contribution in [0.5, 0.6) is 5.75 Å². The molecule has 0 heterocycles. The van der Waals surface area contributed by atoms with Crippen LogP contribution in [-0.2, 0) is 26.2 Å². The Labute approximate surface area is 158 Å². The number of rotatable bonds is 7. The Morgan fingerprint density at radius 2 is 1.88 bits per heavy atom. The van der Waals surface area contributed by atoms with Crippen molar-refractivity contribution in [1.82, 2.24) is 0 Å². The first-order valence-corrected chi connectivity index (χ1v) is 9.96. The summed E-state index contributed by atoms with van der Waals surface area (Å²) >= 11 is 5.95. The van der Waals surface area contributed by atoms with Crippen molar-refractivity contribution in [3.05, 3.63) is 58.6 Å². The van der Waals surface area contributed by atoms with Crippen molar-refractivity contribution in [3.8, 4) is 5.75 Å². The third-order valence-corrected chi connectivity index (χ3v) is 5.05. The van der Waals surface area contributed by atoms with E-state index in [0.717, 1.165) is 16.1 Å². The van der Waals surface area contributed by atoms with Crippen LogP contribution in [0.25, 0.3) is 0 Å². The first kappa shape index (κ1) is 20.1. The van der Waals surface area contributed by atoms with E-state index in [1.807, 2.05) is 0 Å². The number of ether oxygens (including phenoxy) is 2. The van der Waals surface area contributed by atoms with Crippen molar-refractivity contribution in [2.24, 2.45) is 0 Å². The van der Waals surface area contributed by atoms with E-state index >= 15 is 0 Å². The molecule has 0 amide bonds. The molecule has 0 aliphatic carbocycles. The molecule has 0 radical (unpaired) electrons. The Morgan fingerprint density at radius 1 is 1.19 bits per heavy atom. The maximum Gasteiger partial charge on any atom is 0.327 e. The molecule has 6 nitrogen and oxygen atoms in total. The molecule has 0 aliphatic heterocycles. The lowest BCUT2D eigenvalue weighted by atomic mass is 10.2. The van der Waals surface area contributed by atoms with Gasteiger partial charge >= 0.3 is 5.97 Å². The minimum atomic E-state index is -3.65. The number of nitrogens with zero attached hydrogens (tertiary/aromatic N) is 1. The van der Waals surface area contributed by atoms with Gasteiger partial charge in [-0.2, -0.15) is 0 Å². The maximum absolute atomic E-state index is 12.2. The fraction of sp³-hybridized carbons (Fsp3) is 0.278. The SMILES string of the molecule is COc1ccc(Cl)cc1COC(=O)CN(c1ccccc1C)S(C)(=O)=O. The topological polar surface area (TPSA) is 72.9 Å². The zero-order valence-electron chi connectivity index (χ0n) is 14.7. The Kier molecular flexibility index (Phi) is 6.50. The third-order valence-electron chi connectivity index (χ3n) is 3.69. The summed E-state index contributed by atoms with van der Waals surface area (Å²) in [4.78, 5) is 12.2. The zero-order chi connectivity index (χ0) is 19.3. The molecule has 140 valence electrons. The molecule has 0 aliphatic rings. The average Bonchev–Trinajstić information content (AvgIpc) is 2.58. The normalized spacial score (nSPS) is 11.1. The second kappa shape index (κ2) is 8.42. The van der Waals surface area contributed by atoms with E-state index in [9.17, 15) is 13.2 Å². The average molecular weight is 398 g/mol. The van der Waals surface area contributed by atoms with Crippen molar-refractivity contribution >= 4 is 33.3 Å². The highest BCUT2D eigenvalue weighted by Gasteiger charge is 2.23. The van der Waals surface area contributed by atoms with Crippen molar-refractivity contribution in [2.45, 2.75) is 13.5 Å². The van der Waals surface area contributed by atoms with E-state index in [1.165, 1.54) is 7.11 Å². The summed E-state index contributed by atoms with van der Waals surface area (Å²) in [7, 11) is -2.15. The van der Waals surface area contributed by atoms with Crippen LogP contribution in [-0.4, -0.2) is 34.3 Å². The van der Waals surface area contributed by atoms with Gasteiger partial charge in [-0.15, -0.1) is 0 Å². The number of benzene rings is 2. The smallest absolute Gasteiger partial charge is 0.327 e. The number of anilines is 1. The largest absolute Gasteiger partial charge is 0.496 e. The molecule has 2 aromatic rings. The van der Waals surface area contributed by atoms with Crippen LogP contribution >= 0.6 is 11.6 Å². The van der Waals surface area contributed by atoms with Crippen LogP contribution in [0.3, 0.4) is 0 Å². The standard InChI is InChI=1S/C18H20ClNO5S/c1-13-6-4-5-7-16(13)20(26(3,22)23)11-18(21)25-12-14-10-15(19)8-9-17(14)24-2/h4-10H,11-12H2,1-3H3. The van der Waals surface area contributed by atoms with Gasteiger partial charge in [0.2, 0.25) is 10.0 Å². The molecule has 0 atom stereocenters. The number of methoxy groups -OCH3 is 1. The van der Waals surface area contributed by atoms with Crippen molar-refractivity contribution in [1.29, 1.82) is 0 Å². The molecule has 0 bridgehead atoms. The first-order chi connectivity index (χ1) is 12.2. The number of aryl methyl sites for hydroxylation is 1. The number of hydrogen-bond donors (Lipinski definition) is 0. The number of sulfonamides is 1. The summed E-state index contributed by atoms with van der Waals surface area (Å²) in [6.45, 7) is 1.27. The summed E-state index contributed by atoms with van der Waals surface area (Å²) in [6.07, 6.45) is 1.05. The van der Waals surface area contributed by atoms with Gasteiger partial charge in [-0.25, -0.2) is 8.42 Å². The number of esters is 1. The molecular weight excluding hydrogens is 378 g/mol. The van der Waals surface area contributed by atoms with Crippen LogP contribution in [0.1, 0.15) is 11.1 Å². The highest BCUT2D eigenvalue weighted by Crippen LogP contribution is 2.24. The predicted molar refractivity (Wildman–Crippen MR) is 101 cm³/mol. The van der Waals surface area contributed by atoms with E-state index < -0.39 is 22.5 Å². The predicted octanol–water partition coefficient (Wildman–Crippen LogP) is 3.17. The second-order valence-electron chi connectivity index (χ2n) is 5.67. The molecule has 2 aromatic carbocycles. The quantitative estimate of drug-likeness (QED) is 0.671. The van der Waals surface area contributed by atoms with E-state index in [1.54, 1.807) is 49.4 Å². The lowest BCUT2D eigenvalue weighted by molar-refractivity contribution is -0.143. The molecule has 8 heteroatoms. The van der Waals surface area contributed by atoms with Crippen molar-refractivity contribution in [3.63, 3.8) is 0 Å². The molecule has 0 aromatic heterocycles. The lowest BCUT2D eigenvalue weighted by Gasteiger charge is -2.23. The summed E-state index contributed by atoms with van der Waals surface area (Å²) in [5.74, 6) is -0.151. The third kappa shape index (κ3) is 5.12. The van der Waals surface area contributed by atoms with Gasteiger partial charge in [-0.3, -0.25) is 9.10 Å². The van der Waals surface area contributed by atoms with Crippen LogP contribution < -0.4 is 9.04 Å². The minimum Gasteiger partial charge on any atom is -0.496 e. The van der Waals surface area contributed by atoms with Crippen molar-refractivity contribution < 1.29 is 22.7 Å². The number of carbonyl (C=O) groups excluding carboxylic acids is 1. The van der Waals surface area contributed by atoms with Gasteiger partial charge in [0, 0.05) is 10.6 Å². The van der Waals surface area contributed by atoms with Gasteiger partial charge in [-0.05, 0) is 36.8 Å². The van der Waals surface area contributed by atoms with E-state index in [0.29, 0.717) is 22.0 Å². The fourth-order valence-electron chi connectivity index (χ4n) is 2.41. The summed E-state index contributed by atoms with van der Waals surface area (Å²) < 4.78 is 35.7. The maximum atomic E-state index is 12.2. The molecule has 26 heavy (non-hydrogen) atoms. The van der Waals surface area contributed by atoms with Gasteiger partial charge in [0.1, 0.15) is 18.9 Å². The van der Waals surface area contributed by atoms with E-state index in [-0.39, 0.29) is 6.61 Å². The summed E-state index contributed by atoms with van der Waals surface area (Å²) in [5, 5.41) is 0.481. The Bertz CT molecular complexity index is 898. The zero-order valence-corrected chi connectivity index (χ0v) is 16.3. The monoisotopic (exact) mass is 397 g/mol. The van der Waals surface area contributed by atoms with Crippen molar-refractivity contribution in [2.75, 3.05) is 24.2 Å². The highest BCUT2D eigenvalue weighted by molar-refractivity contribution is 7.92. The lowest BCUT2D eigenvalue weighted by Crippen LogP contribution is -2.36. The Morgan fingerprint density at radius 3 is 2.50 bits per heavy atom. The molecule has 0 saturated carbocycles. The van der Waals surface area contributed by atoms with Gasteiger partial charge in [0.15, 0.2) is 0 Å². The van der Waals surface area contributed by atoms with Crippen LogP contribution in [0.2, 0.25) is 5.02 Å². The summed E-state index contributed by atoms with van der Waals surface area (Å²) in [6, 6.07) is 11.9. The first-order valence-electron chi connectivity index (χ1n) is 7.73. The van der Waals surface area contributed by atoms with Gasteiger partial charge in [0.25, 0.3) is 0 Å². The highest BCUT2D eigenvalue weighted by atomic mass is 35.5. The molecule has 0 N–H and O–H groups in total. The number of carbonyl (C=O) groups is 1. The molecule has 0 spiro atoms. The molecular formula is C18H20ClNO5S. The Balaban J connectivity index is 2.14. The number of para-hydroxylation sites is 1. The molecule has 0 unspecified atom stereocenters. The Hall–Kier alpha value is -2.25. The van der Waals surface area contributed by atoms with E-state index in [4.69, 9.17) is 21.1 Å². The summed E-state index contributed by atoms with van der Waals surface area (Å²) in [5.41, 5.74) is 1.77. The van der Waals surface area contributed by atoms with Crippen LogP contribution in [0, 0.1) is 6.92 Å². The molecule has 0 saturated heterocycles. The molecule has 0 fully saturated rings. The van der Waals surface area contributed by atoms with Crippen LogP contribution in [0.4, 0.5) is 5.69 Å². The van der Waals surface area contributed by atoms with E-state index in [2.05, 4.69) is 0 Å². The minimum absolute atomic E-state index is 0.0755. The van der Waals surface area contributed by atoms with Gasteiger partial charge in [-0.1, -0.05) is 29.8 Å². The number of halogens is 1. The molecule has 2 rings (SSSR count).